The van der Waals surface area contributed by atoms with Crippen LogP contribution in [0.4, 0.5) is 10.1 Å². The maximum atomic E-state index is 12.8. The van der Waals surface area contributed by atoms with Crippen LogP contribution in [-0.2, 0) is 4.79 Å². The van der Waals surface area contributed by atoms with Crippen LogP contribution in [0.15, 0.2) is 12.1 Å². The molecule has 0 saturated heterocycles. The van der Waals surface area contributed by atoms with Gasteiger partial charge in [0, 0.05) is 0 Å². The van der Waals surface area contributed by atoms with Crippen LogP contribution in [0.2, 0.25) is 10.0 Å². The number of rotatable bonds is 2. The summed E-state index contributed by atoms with van der Waals surface area (Å²) in [5.41, 5.74) is 5.51. The van der Waals surface area contributed by atoms with Gasteiger partial charge in [0.15, 0.2) is 0 Å². The summed E-state index contributed by atoms with van der Waals surface area (Å²) < 4.78 is 12.8. The Bertz CT molecular complexity index is 373. The quantitative estimate of drug-likeness (QED) is 0.847. The third-order valence-electron chi connectivity index (χ3n) is 1.67. The molecule has 82 valence electrons. The minimum atomic E-state index is -0.692. The fourth-order valence-corrected chi connectivity index (χ4v) is 1.45. The standard InChI is InChI=1S/C9H9Cl2FN2O/c1-4(13)9(15)14-8-6(10)2-5(12)3-7(8)11/h2-4H,13H2,1H3,(H,14,15). The molecule has 0 aliphatic carbocycles. The zero-order valence-corrected chi connectivity index (χ0v) is 9.36. The molecule has 1 unspecified atom stereocenters. The number of carbonyl (C=O) groups is 1. The van der Waals surface area contributed by atoms with Crippen molar-refractivity contribution >= 4 is 34.8 Å². The SMILES string of the molecule is CC(N)C(=O)Nc1c(Cl)cc(F)cc1Cl. The molecule has 1 rings (SSSR count). The summed E-state index contributed by atoms with van der Waals surface area (Å²) in [6.45, 7) is 1.51. The summed E-state index contributed by atoms with van der Waals surface area (Å²) in [5.74, 6) is -1.01. The van der Waals surface area contributed by atoms with Gasteiger partial charge < -0.3 is 11.1 Å². The van der Waals surface area contributed by atoms with Crippen molar-refractivity contribution in [3.63, 3.8) is 0 Å². The monoisotopic (exact) mass is 250 g/mol. The summed E-state index contributed by atoms with van der Waals surface area (Å²) in [5, 5.41) is 2.48. The van der Waals surface area contributed by atoms with Gasteiger partial charge in [0.25, 0.3) is 0 Å². The first-order valence-electron chi connectivity index (χ1n) is 4.13. The van der Waals surface area contributed by atoms with Crippen LogP contribution >= 0.6 is 23.2 Å². The van der Waals surface area contributed by atoms with Gasteiger partial charge in [0.05, 0.1) is 21.8 Å². The van der Waals surface area contributed by atoms with E-state index in [0.29, 0.717) is 0 Å². The van der Waals surface area contributed by atoms with Crippen LogP contribution in [0.5, 0.6) is 0 Å². The highest BCUT2D eigenvalue weighted by molar-refractivity contribution is 6.39. The maximum Gasteiger partial charge on any atom is 0.241 e. The van der Waals surface area contributed by atoms with Crippen LogP contribution < -0.4 is 11.1 Å². The van der Waals surface area contributed by atoms with Crippen LogP contribution in [-0.4, -0.2) is 11.9 Å². The maximum absolute atomic E-state index is 12.8. The van der Waals surface area contributed by atoms with Gasteiger partial charge in [-0.25, -0.2) is 4.39 Å². The van der Waals surface area contributed by atoms with Gasteiger partial charge in [-0.05, 0) is 19.1 Å². The number of amides is 1. The Morgan fingerprint density at radius 2 is 1.93 bits per heavy atom. The lowest BCUT2D eigenvalue weighted by Crippen LogP contribution is -2.32. The third-order valence-corrected chi connectivity index (χ3v) is 2.26. The van der Waals surface area contributed by atoms with E-state index >= 15 is 0 Å². The topological polar surface area (TPSA) is 55.1 Å². The highest BCUT2D eigenvalue weighted by Gasteiger charge is 2.13. The number of hydrogen-bond donors (Lipinski definition) is 2. The molecule has 0 aliphatic rings. The average Bonchev–Trinajstić information content (AvgIpc) is 2.10. The molecular weight excluding hydrogens is 242 g/mol. The third kappa shape index (κ3) is 3.06. The fraction of sp³-hybridized carbons (Fsp3) is 0.222. The number of carbonyl (C=O) groups excluding carboxylic acids is 1. The van der Waals surface area contributed by atoms with E-state index in [4.69, 9.17) is 28.9 Å². The molecule has 0 aromatic heterocycles. The van der Waals surface area contributed by atoms with Crippen molar-refractivity contribution in [3.05, 3.63) is 28.0 Å². The molecule has 1 amide bonds. The molecule has 0 fully saturated rings. The molecule has 0 bridgehead atoms. The molecule has 3 nitrogen and oxygen atoms in total. The summed E-state index contributed by atoms with van der Waals surface area (Å²) in [7, 11) is 0. The molecule has 1 aromatic rings. The van der Waals surface area contributed by atoms with Crippen molar-refractivity contribution in [1.29, 1.82) is 0 Å². The van der Waals surface area contributed by atoms with Crippen LogP contribution in [0, 0.1) is 5.82 Å². The van der Waals surface area contributed by atoms with Crippen molar-refractivity contribution in [1.82, 2.24) is 0 Å². The Morgan fingerprint density at radius 3 is 2.33 bits per heavy atom. The molecule has 3 N–H and O–H groups in total. The van der Waals surface area contributed by atoms with Gasteiger partial charge in [-0.3, -0.25) is 4.79 Å². The van der Waals surface area contributed by atoms with Crippen molar-refractivity contribution < 1.29 is 9.18 Å². The number of nitrogens with one attached hydrogen (secondary N) is 1. The summed E-state index contributed by atoms with van der Waals surface area (Å²) in [6, 6.07) is 1.43. The fourth-order valence-electron chi connectivity index (χ4n) is 0.899. The van der Waals surface area contributed by atoms with Crippen molar-refractivity contribution in [2.45, 2.75) is 13.0 Å². The first kappa shape index (κ1) is 12.2. The van der Waals surface area contributed by atoms with Crippen molar-refractivity contribution in [2.24, 2.45) is 5.73 Å². The Labute approximate surface area is 96.3 Å². The molecule has 1 atom stereocenters. The molecule has 0 spiro atoms. The molecule has 0 heterocycles. The highest BCUT2D eigenvalue weighted by atomic mass is 35.5. The van der Waals surface area contributed by atoms with Gasteiger partial charge in [-0.2, -0.15) is 0 Å². The van der Waals surface area contributed by atoms with E-state index in [1.165, 1.54) is 6.92 Å². The first-order chi connectivity index (χ1) is 6.91. The molecule has 0 saturated carbocycles. The van der Waals surface area contributed by atoms with Crippen LogP contribution in [0.1, 0.15) is 6.92 Å². The van der Waals surface area contributed by atoms with E-state index in [1.54, 1.807) is 0 Å². The largest absolute Gasteiger partial charge is 0.322 e. The molecule has 15 heavy (non-hydrogen) atoms. The summed E-state index contributed by atoms with van der Waals surface area (Å²) in [4.78, 5) is 11.3. The number of halogens is 3. The van der Waals surface area contributed by atoms with E-state index in [1.807, 2.05) is 0 Å². The Kier molecular flexibility index (Phi) is 3.90. The predicted molar refractivity (Wildman–Crippen MR) is 58.7 cm³/mol. The minimum Gasteiger partial charge on any atom is -0.322 e. The van der Waals surface area contributed by atoms with Gasteiger partial charge in [-0.1, -0.05) is 23.2 Å². The van der Waals surface area contributed by atoms with E-state index in [0.717, 1.165) is 12.1 Å². The van der Waals surface area contributed by atoms with Crippen LogP contribution in [0.3, 0.4) is 0 Å². The zero-order chi connectivity index (χ0) is 11.6. The second kappa shape index (κ2) is 4.79. The van der Waals surface area contributed by atoms with E-state index in [9.17, 15) is 9.18 Å². The summed E-state index contributed by atoms with van der Waals surface area (Å²) in [6.07, 6.45) is 0. The van der Waals surface area contributed by atoms with Crippen molar-refractivity contribution in [3.8, 4) is 0 Å². The van der Waals surface area contributed by atoms with Gasteiger partial charge in [0.2, 0.25) is 5.91 Å². The highest BCUT2D eigenvalue weighted by Crippen LogP contribution is 2.31. The molecular formula is C9H9Cl2FN2O. The van der Waals surface area contributed by atoms with Gasteiger partial charge in [-0.15, -0.1) is 0 Å². The van der Waals surface area contributed by atoms with E-state index in [-0.39, 0.29) is 15.7 Å². The second-order valence-electron chi connectivity index (χ2n) is 3.02. The Hall–Kier alpha value is -0.840. The number of benzene rings is 1. The smallest absolute Gasteiger partial charge is 0.241 e. The zero-order valence-electron chi connectivity index (χ0n) is 7.85. The number of anilines is 1. The Morgan fingerprint density at radius 1 is 1.47 bits per heavy atom. The van der Waals surface area contributed by atoms with Crippen LogP contribution in [0.25, 0.3) is 0 Å². The second-order valence-corrected chi connectivity index (χ2v) is 3.84. The Balaban J connectivity index is 3.00. The molecule has 1 aromatic carbocycles. The predicted octanol–water partition coefficient (Wildman–Crippen LogP) is 2.42. The number of hydrogen-bond acceptors (Lipinski definition) is 2. The first-order valence-corrected chi connectivity index (χ1v) is 4.88. The van der Waals surface area contributed by atoms with Gasteiger partial charge in [0.1, 0.15) is 5.82 Å². The van der Waals surface area contributed by atoms with E-state index < -0.39 is 17.8 Å². The minimum absolute atomic E-state index is 0.0361. The molecule has 6 heteroatoms. The summed E-state index contributed by atoms with van der Waals surface area (Å²) >= 11 is 11.4. The van der Waals surface area contributed by atoms with E-state index in [2.05, 4.69) is 5.32 Å². The average molecular weight is 251 g/mol. The molecule has 0 aliphatic heterocycles. The lowest BCUT2D eigenvalue weighted by atomic mass is 10.2. The normalized spacial score (nSPS) is 12.3. The van der Waals surface area contributed by atoms with Gasteiger partial charge >= 0.3 is 0 Å². The lowest BCUT2D eigenvalue weighted by Gasteiger charge is -2.11. The lowest BCUT2D eigenvalue weighted by molar-refractivity contribution is -0.117. The van der Waals surface area contributed by atoms with Crippen molar-refractivity contribution in [2.75, 3.05) is 5.32 Å². The molecule has 0 radical (unpaired) electrons. The number of nitrogens with two attached hydrogens (primary N) is 1.